The number of aromatic amines is 1. The number of nitrogens with zero attached hydrogens (tertiary/aromatic N) is 2. The number of pyridine rings is 1. The van der Waals surface area contributed by atoms with Crippen molar-refractivity contribution >= 4 is 5.91 Å². The fourth-order valence-electron chi connectivity index (χ4n) is 1.22. The third-order valence-corrected chi connectivity index (χ3v) is 1.98. The summed E-state index contributed by atoms with van der Waals surface area (Å²) in [5, 5.41) is 9.18. The number of hydrogen-bond donors (Lipinski definition) is 2. The van der Waals surface area contributed by atoms with Crippen LogP contribution in [0.2, 0.25) is 0 Å². The molecule has 0 aliphatic heterocycles. The molecule has 2 N–H and O–H groups in total. The summed E-state index contributed by atoms with van der Waals surface area (Å²) < 4.78 is 0. The van der Waals surface area contributed by atoms with E-state index in [1.807, 2.05) is 18.2 Å². The average Bonchev–Trinajstić information content (AvgIpc) is 2.78. The molecule has 2 heterocycles. The Balaban J connectivity index is 2.32. The number of aromatic nitrogens is 3. The molecule has 0 fully saturated rings. The molecule has 0 aromatic carbocycles. The molecule has 0 saturated carbocycles. The monoisotopic (exact) mass is 202 g/mol. The van der Waals surface area contributed by atoms with Crippen molar-refractivity contribution in [2.75, 3.05) is 7.05 Å². The number of amides is 1. The summed E-state index contributed by atoms with van der Waals surface area (Å²) in [5.41, 5.74) is 1.83. The lowest BCUT2D eigenvalue weighted by Gasteiger charge is -1.92. The van der Waals surface area contributed by atoms with E-state index >= 15 is 0 Å². The number of nitrogens with one attached hydrogen (secondary N) is 2. The molecule has 76 valence electrons. The maximum atomic E-state index is 11.3. The van der Waals surface area contributed by atoms with Gasteiger partial charge in [0.25, 0.3) is 5.91 Å². The highest BCUT2D eigenvalue weighted by atomic mass is 16.1. The topological polar surface area (TPSA) is 70.7 Å². The largest absolute Gasteiger partial charge is 0.354 e. The van der Waals surface area contributed by atoms with E-state index in [1.54, 1.807) is 19.3 Å². The zero-order chi connectivity index (χ0) is 10.7. The van der Waals surface area contributed by atoms with Crippen LogP contribution in [-0.4, -0.2) is 28.1 Å². The highest BCUT2D eigenvalue weighted by molar-refractivity contribution is 5.92. The molecule has 0 aliphatic rings. The van der Waals surface area contributed by atoms with Gasteiger partial charge in [-0.05, 0) is 18.2 Å². The van der Waals surface area contributed by atoms with E-state index in [0.717, 1.165) is 5.69 Å². The van der Waals surface area contributed by atoms with Crippen molar-refractivity contribution in [1.82, 2.24) is 20.5 Å². The number of carbonyl (C=O) groups is 1. The first-order valence-corrected chi connectivity index (χ1v) is 4.50. The highest BCUT2D eigenvalue weighted by Crippen LogP contribution is 2.13. The average molecular weight is 202 g/mol. The quantitative estimate of drug-likeness (QED) is 0.757. The van der Waals surface area contributed by atoms with Crippen LogP contribution in [0.5, 0.6) is 0 Å². The van der Waals surface area contributed by atoms with Gasteiger partial charge in [-0.1, -0.05) is 6.07 Å². The second kappa shape index (κ2) is 3.91. The van der Waals surface area contributed by atoms with Gasteiger partial charge in [0, 0.05) is 13.2 Å². The van der Waals surface area contributed by atoms with Crippen molar-refractivity contribution in [1.29, 1.82) is 0 Å². The molecule has 0 aliphatic carbocycles. The number of H-pyrrole nitrogens is 1. The van der Waals surface area contributed by atoms with E-state index in [1.165, 1.54) is 0 Å². The summed E-state index contributed by atoms with van der Waals surface area (Å²) in [5.74, 6) is -0.190. The van der Waals surface area contributed by atoms with E-state index < -0.39 is 0 Å². The van der Waals surface area contributed by atoms with Gasteiger partial charge < -0.3 is 5.32 Å². The standard InChI is InChI=1S/C10H10N4O/c1-11-10(15)9-6-8(13-14-9)7-4-2-3-5-12-7/h2-6H,1H3,(H,11,15)(H,13,14). The smallest absolute Gasteiger partial charge is 0.269 e. The van der Waals surface area contributed by atoms with Gasteiger partial charge >= 0.3 is 0 Å². The number of carbonyl (C=O) groups excluding carboxylic acids is 1. The SMILES string of the molecule is CNC(=O)c1cc(-c2ccccn2)n[nH]1. The van der Waals surface area contributed by atoms with Crippen LogP contribution in [0.15, 0.2) is 30.5 Å². The Morgan fingerprint density at radius 2 is 2.27 bits per heavy atom. The van der Waals surface area contributed by atoms with Gasteiger partial charge in [0.2, 0.25) is 0 Å². The first-order chi connectivity index (χ1) is 7.31. The molecule has 5 nitrogen and oxygen atoms in total. The van der Waals surface area contributed by atoms with Gasteiger partial charge in [-0.3, -0.25) is 14.9 Å². The van der Waals surface area contributed by atoms with E-state index in [9.17, 15) is 4.79 Å². The van der Waals surface area contributed by atoms with Crippen molar-refractivity contribution in [3.63, 3.8) is 0 Å². The van der Waals surface area contributed by atoms with E-state index in [4.69, 9.17) is 0 Å². The minimum atomic E-state index is -0.190. The molecule has 0 bridgehead atoms. The molecule has 2 rings (SSSR count). The molecular formula is C10H10N4O. The molecule has 0 radical (unpaired) electrons. The molecule has 0 saturated heterocycles. The molecule has 2 aromatic heterocycles. The minimum Gasteiger partial charge on any atom is -0.354 e. The van der Waals surface area contributed by atoms with Gasteiger partial charge in [0.15, 0.2) is 0 Å². The molecule has 2 aromatic rings. The summed E-state index contributed by atoms with van der Waals surface area (Å²) in [6.45, 7) is 0. The van der Waals surface area contributed by atoms with E-state index in [2.05, 4.69) is 20.5 Å². The number of rotatable bonds is 2. The van der Waals surface area contributed by atoms with Gasteiger partial charge in [-0.15, -0.1) is 0 Å². The first-order valence-electron chi connectivity index (χ1n) is 4.50. The Morgan fingerprint density at radius 3 is 2.93 bits per heavy atom. The highest BCUT2D eigenvalue weighted by Gasteiger charge is 2.09. The van der Waals surface area contributed by atoms with Crippen LogP contribution in [0.1, 0.15) is 10.5 Å². The molecule has 0 atom stereocenters. The number of hydrogen-bond acceptors (Lipinski definition) is 3. The van der Waals surface area contributed by atoms with Crippen molar-refractivity contribution in [2.24, 2.45) is 0 Å². The lowest BCUT2D eigenvalue weighted by atomic mass is 10.2. The molecule has 1 amide bonds. The Morgan fingerprint density at radius 1 is 1.40 bits per heavy atom. The Kier molecular flexibility index (Phi) is 2.45. The summed E-state index contributed by atoms with van der Waals surface area (Å²) in [6.07, 6.45) is 1.68. The molecular weight excluding hydrogens is 192 g/mol. The fourth-order valence-corrected chi connectivity index (χ4v) is 1.22. The molecule has 15 heavy (non-hydrogen) atoms. The molecule has 0 spiro atoms. The van der Waals surface area contributed by atoms with Gasteiger partial charge in [-0.2, -0.15) is 5.10 Å². The Hall–Kier alpha value is -2.17. The van der Waals surface area contributed by atoms with E-state index in [-0.39, 0.29) is 5.91 Å². The first kappa shape index (κ1) is 9.39. The van der Waals surface area contributed by atoms with Crippen molar-refractivity contribution in [3.05, 3.63) is 36.2 Å². The van der Waals surface area contributed by atoms with Crippen LogP contribution in [0.25, 0.3) is 11.4 Å². The summed E-state index contributed by atoms with van der Waals surface area (Å²) >= 11 is 0. The zero-order valence-electron chi connectivity index (χ0n) is 8.19. The maximum absolute atomic E-state index is 11.3. The Labute approximate surface area is 86.5 Å². The lowest BCUT2D eigenvalue weighted by Crippen LogP contribution is -2.17. The lowest BCUT2D eigenvalue weighted by molar-refractivity contribution is 0.0958. The molecule has 0 unspecified atom stereocenters. The third-order valence-electron chi connectivity index (χ3n) is 1.98. The van der Waals surface area contributed by atoms with Gasteiger partial charge in [0.05, 0.1) is 5.69 Å². The Bertz CT molecular complexity index is 463. The van der Waals surface area contributed by atoms with Crippen LogP contribution < -0.4 is 5.32 Å². The molecule has 5 heteroatoms. The van der Waals surface area contributed by atoms with Crippen LogP contribution in [-0.2, 0) is 0 Å². The summed E-state index contributed by atoms with van der Waals surface area (Å²) in [7, 11) is 1.57. The normalized spacial score (nSPS) is 9.93. The zero-order valence-corrected chi connectivity index (χ0v) is 8.19. The van der Waals surface area contributed by atoms with Crippen molar-refractivity contribution < 1.29 is 4.79 Å². The fraction of sp³-hybridized carbons (Fsp3) is 0.100. The van der Waals surface area contributed by atoms with E-state index in [0.29, 0.717) is 11.4 Å². The van der Waals surface area contributed by atoms with Crippen molar-refractivity contribution in [3.8, 4) is 11.4 Å². The minimum absolute atomic E-state index is 0.190. The third kappa shape index (κ3) is 1.85. The van der Waals surface area contributed by atoms with Gasteiger partial charge in [-0.25, -0.2) is 0 Å². The summed E-state index contributed by atoms with van der Waals surface area (Å²) in [4.78, 5) is 15.4. The van der Waals surface area contributed by atoms with Crippen LogP contribution in [0.4, 0.5) is 0 Å². The van der Waals surface area contributed by atoms with Gasteiger partial charge in [0.1, 0.15) is 11.4 Å². The van der Waals surface area contributed by atoms with Crippen LogP contribution >= 0.6 is 0 Å². The second-order valence-electron chi connectivity index (χ2n) is 2.96. The predicted octanol–water partition coefficient (Wildman–Crippen LogP) is 0.831. The van der Waals surface area contributed by atoms with Crippen LogP contribution in [0.3, 0.4) is 0 Å². The maximum Gasteiger partial charge on any atom is 0.269 e. The van der Waals surface area contributed by atoms with Crippen LogP contribution in [0, 0.1) is 0 Å². The second-order valence-corrected chi connectivity index (χ2v) is 2.96. The van der Waals surface area contributed by atoms with Crippen molar-refractivity contribution in [2.45, 2.75) is 0 Å². The summed E-state index contributed by atoms with van der Waals surface area (Å²) in [6, 6.07) is 7.21. The predicted molar refractivity (Wildman–Crippen MR) is 55.2 cm³/mol.